The average Bonchev–Trinajstić information content (AvgIpc) is 2.07. The predicted octanol–water partition coefficient (Wildman–Crippen LogP) is 1.12. The third-order valence-corrected chi connectivity index (χ3v) is 2.43. The number of alkyl carbamates (subject to hydrolysis) is 1. The van der Waals surface area contributed by atoms with Crippen LogP contribution in [0.25, 0.3) is 0 Å². The molecule has 1 aliphatic rings. The molecule has 2 unspecified atom stereocenters. The van der Waals surface area contributed by atoms with Gasteiger partial charge in [-0.05, 0) is 39.3 Å². The standard InChI is InChI=1S/C10H20N2O2/c1-7(2)14-10(13)12-9-4-5-11-6-8(9)3/h7-9,11H,4-6H2,1-3H3,(H,12,13). The van der Waals surface area contributed by atoms with Crippen molar-refractivity contribution in [2.45, 2.75) is 39.3 Å². The highest BCUT2D eigenvalue weighted by Gasteiger charge is 2.23. The van der Waals surface area contributed by atoms with Gasteiger partial charge in [0, 0.05) is 6.04 Å². The lowest BCUT2D eigenvalue weighted by molar-refractivity contribution is 0.107. The van der Waals surface area contributed by atoms with Crippen molar-refractivity contribution in [2.75, 3.05) is 13.1 Å². The van der Waals surface area contributed by atoms with E-state index in [0.29, 0.717) is 5.92 Å². The lowest BCUT2D eigenvalue weighted by Gasteiger charge is -2.30. The summed E-state index contributed by atoms with van der Waals surface area (Å²) in [5.41, 5.74) is 0. The molecular formula is C10H20N2O2. The first kappa shape index (κ1) is 11.3. The molecule has 1 heterocycles. The van der Waals surface area contributed by atoms with E-state index < -0.39 is 0 Å². The lowest BCUT2D eigenvalue weighted by atomic mass is 9.96. The van der Waals surface area contributed by atoms with Crippen LogP contribution < -0.4 is 10.6 Å². The molecule has 0 aromatic carbocycles. The molecule has 0 aromatic heterocycles. The zero-order chi connectivity index (χ0) is 10.6. The van der Waals surface area contributed by atoms with E-state index in [-0.39, 0.29) is 18.2 Å². The summed E-state index contributed by atoms with van der Waals surface area (Å²) >= 11 is 0. The zero-order valence-electron chi connectivity index (χ0n) is 9.17. The number of hydrogen-bond acceptors (Lipinski definition) is 3. The van der Waals surface area contributed by atoms with Gasteiger partial charge in [-0.2, -0.15) is 0 Å². The molecule has 0 aromatic rings. The van der Waals surface area contributed by atoms with Crippen LogP contribution in [0.15, 0.2) is 0 Å². The number of rotatable bonds is 2. The van der Waals surface area contributed by atoms with Crippen LogP contribution in [0.5, 0.6) is 0 Å². The van der Waals surface area contributed by atoms with E-state index in [4.69, 9.17) is 4.74 Å². The molecule has 2 atom stereocenters. The average molecular weight is 200 g/mol. The zero-order valence-corrected chi connectivity index (χ0v) is 9.17. The molecule has 82 valence electrons. The van der Waals surface area contributed by atoms with E-state index in [9.17, 15) is 4.79 Å². The fourth-order valence-corrected chi connectivity index (χ4v) is 1.63. The quantitative estimate of drug-likeness (QED) is 0.702. The molecule has 1 aliphatic heterocycles. The smallest absolute Gasteiger partial charge is 0.407 e. The Morgan fingerprint density at radius 3 is 2.86 bits per heavy atom. The first-order valence-corrected chi connectivity index (χ1v) is 5.27. The van der Waals surface area contributed by atoms with E-state index in [1.54, 1.807) is 0 Å². The SMILES string of the molecule is CC(C)OC(=O)NC1CCNCC1C. The molecule has 0 spiro atoms. The minimum absolute atomic E-state index is 0.0491. The summed E-state index contributed by atoms with van der Waals surface area (Å²) in [7, 11) is 0. The first-order chi connectivity index (χ1) is 6.59. The second kappa shape index (κ2) is 5.20. The summed E-state index contributed by atoms with van der Waals surface area (Å²) in [6.07, 6.45) is 0.639. The highest BCUT2D eigenvalue weighted by Crippen LogP contribution is 2.10. The second-order valence-electron chi connectivity index (χ2n) is 4.17. The molecule has 1 amide bonds. The summed E-state index contributed by atoms with van der Waals surface area (Å²) in [4.78, 5) is 11.3. The topological polar surface area (TPSA) is 50.4 Å². The number of carbonyl (C=O) groups is 1. The van der Waals surface area contributed by atoms with Gasteiger partial charge in [-0.1, -0.05) is 6.92 Å². The largest absolute Gasteiger partial charge is 0.447 e. The fraction of sp³-hybridized carbons (Fsp3) is 0.900. The number of amides is 1. The summed E-state index contributed by atoms with van der Waals surface area (Å²) < 4.78 is 5.03. The van der Waals surface area contributed by atoms with Crippen LogP contribution in [-0.2, 0) is 4.74 Å². The number of ether oxygens (including phenoxy) is 1. The van der Waals surface area contributed by atoms with Gasteiger partial charge in [0.1, 0.15) is 0 Å². The molecule has 4 nitrogen and oxygen atoms in total. The normalized spacial score (nSPS) is 27.4. The van der Waals surface area contributed by atoms with E-state index in [1.165, 1.54) is 0 Å². The number of nitrogens with one attached hydrogen (secondary N) is 2. The molecule has 4 heteroatoms. The van der Waals surface area contributed by atoms with Crippen LogP contribution in [0.3, 0.4) is 0 Å². The molecule has 0 saturated carbocycles. The molecular weight excluding hydrogens is 180 g/mol. The summed E-state index contributed by atoms with van der Waals surface area (Å²) in [6.45, 7) is 7.77. The van der Waals surface area contributed by atoms with Gasteiger partial charge in [-0.15, -0.1) is 0 Å². The van der Waals surface area contributed by atoms with Crippen LogP contribution >= 0.6 is 0 Å². The first-order valence-electron chi connectivity index (χ1n) is 5.27. The Morgan fingerprint density at radius 2 is 2.29 bits per heavy atom. The van der Waals surface area contributed by atoms with Crippen molar-refractivity contribution in [3.63, 3.8) is 0 Å². The Morgan fingerprint density at radius 1 is 1.57 bits per heavy atom. The highest BCUT2D eigenvalue weighted by molar-refractivity contribution is 5.67. The maximum absolute atomic E-state index is 11.3. The van der Waals surface area contributed by atoms with Crippen LogP contribution in [0.1, 0.15) is 27.2 Å². The van der Waals surface area contributed by atoms with Gasteiger partial charge in [0.05, 0.1) is 6.10 Å². The third kappa shape index (κ3) is 3.54. The van der Waals surface area contributed by atoms with E-state index >= 15 is 0 Å². The van der Waals surface area contributed by atoms with Gasteiger partial charge < -0.3 is 15.4 Å². The Hall–Kier alpha value is -0.770. The van der Waals surface area contributed by atoms with Crippen molar-refractivity contribution >= 4 is 6.09 Å². The van der Waals surface area contributed by atoms with Gasteiger partial charge in [0.2, 0.25) is 0 Å². The van der Waals surface area contributed by atoms with Crippen molar-refractivity contribution in [3.8, 4) is 0 Å². The molecule has 1 fully saturated rings. The Labute approximate surface area is 85.4 Å². The minimum atomic E-state index is -0.293. The van der Waals surface area contributed by atoms with Gasteiger partial charge in [0.15, 0.2) is 0 Å². The molecule has 0 aliphatic carbocycles. The summed E-state index contributed by atoms with van der Waals surface area (Å²) in [6, 6.07) is 0.252. The maximum Gasteiger partial charge on any atom is 0.407 e. The lowest BCUT2D eigenvalue weighted by Crippen LogP contribution is -2.48. The van der Waals surface area contributed by atoms with Gasteiger partial charge in [-0.25, -0.2) is 4.79 Å². The number of carbonyl (C=O) groups excluding carboxylic acids is 1. The molecule has 2 N–H and O–H groups in total. The monoisotopic (exact) mass is 200 g/mol. The molecule has 1 rings (SSSR count). The van der Waals surface area contributed by atoms with E-state index in [1.807, 2.05) is 13.8 Å². The maximum atomic E-state index is 11.3. The van der Waals surface area contributed by atoms with Crippen molar-refractivity contribution < 1.29 is 9.53 Å². The van der Waals surface area contributed by atoms with Crippen molar-refractivity contribution in [1.82, 2.24) is 10.6 Å². The van der Waals surface area contributed by atoms with Gasteiger partial charge >= 0.3 is 6.09 Å². The van der Waals surface area contributed by atoms with E-state index in [0.717, 1.165) is 19.5 Å². The van der Waals surface area contributed by atoms with Crippen LogP contribution in [0, 0.1) is 5.92 Å². The van der Waals surface area contributed by atoms with E-state index in [2.05, 4.69) is 17.6 Å². The Balaban J connectivity index is 2.31. The Bertz CT molecular complexity index is 195. The van der Waals surface area contributed by atoms with Gasteiger partial charge in [0.25, 0.3) is 0 Å². The Kier molecular flexibility index (Phi) is 4.20. The molecule has 14 heavy (non-hydrogen) atoms. The predicted molar refractivity (Wildman–Crippen MR) is 55.2 cm³/mol. The molecule has 0 bridgehead atoms. The number of piperidine rings is 1. The second-order valence-corrected chi connectivity index (χ2v) is 4.17. The summed E-state index contributed by atoms with van der Waals surface area (Å²) in [5, 5.41) is 6.19. The number of hydrogen-bond donors (Lipinski definition) is 2. The molecule has 0 radical (unpaired) electrons. The highest BCUT2D eigenvalue weighted by atomic mass is 16.6. The van der Waals surface area contributed by atoms with Crippen molar-refractivity contribution in [3.05, 3.63) is 0 Å². The van der Waals surface area contributed by atoms with Crippen LogP contribution in [0.4, 0.5) is 4.79 Å². The molecule has 1 saturated heterocycles. The van der Waals surface area contributed by atoms with Crippen molar-refractivity contribution in [1.29, 1.82) is 0 Å². The van der Waals surface area contributed by atoms with Crippen LogP contribution in [0.2, 0.25) is 0 Å². The minimum Gasteiger partial charge on any atom is -0.447 e. The van der Waals surface area contributed by atoms with Crippen molar-refractivity contribution in [2.24, 2.45) is 5.92 Å². The van der Waals surface area contributed by atoms with Gasteiger partial charge in [-0.3, -0.25) is 0 Å². The van der Waals surface area contributed by atoms with Crippen LogP contribution in [-0.4, -0.2) is 31.3 Å². The fourth-order valence-electron chi connectivity index (χ4n) is 1.63. The summed E-state index contributed by atoms with van der Waals surface area (Å²) in [5.74, 6) is 0.475. The third-order valence-electron chi connectivity index (χ3n) is 2.43.